The first-order valence-electron chi connectivity index (χ1n) is 12.2. The minimum atomic E-state index is -0.629. The Kier molecular flexibility index (Phi) is 6.67. The second-order valence-corrected chi connectivity index (χ2v) is 9.07. The lowest BCUT2D eigenvalue weighted by atomic mass is 9.97. The van der Waals surface area contributed by atoms with Gasteiger partial charge in [-0.25, -0.2) is 4.98 Å². The first-order chi connectivity index (χ1) is 17.5. The molecular formula is C30H29N3O3. The van der Waals surface area contributed by atoms with Gasteiger partial charge >= 0.3 is 0 Å². The van der Waals surface area contributed by atoms with Crippen molar-refractivity contribution in [2.24, 2.45) is 0 Å². The molecule has 182 valence electrons. The molecule has 1 aliphatic heterocycles. The number of fused-ring (bicyclic) bond motifs is 1. The maximum atomic E-state index is 13.9. The number of aryl methyl sites for hydroxylation is 1. The van der Waals surface area contributed by atoms with E-state index >= 15 is 0 Å². The summed E-state index contributed by atoms with van der Waals surface area (Å²) in [5.41, 5.74) is 3.35. The summed E-state index contributed by atoms with van der Waals surface area (Å²) in [6.45, 7) is 4.37. The van der Waals surface area contributed by atoms with Gasteiger partial charge in [0.05, 0.1) is 18.3 Å². The van der Waals surface area contributed by atoms with Crippen LogP contribution in [0.5, 0.6) is 5.75 Å². The maximum absolute atomic E-state index is 13.9. The molecule has 3 aromatic carbocycles. The van der Waals surface area contributed by atoms with E-state index in [2.05, 4.69) is 0 Å². The van der Waals surface area contributed by atoms with Crippen molar-refractivity contribution in [2.75, 3.05) is 6.54 Å². The molecule has 1 aromatic heterocycles. The van der Waals surface area contributed by atoms with Crippen molar-refractivity contribution in [2.45, 2.75) is 39.0 Å². The Labute approximate surface area is 210 Å². The van der Waals surface area contributed by atoms with Crippen LogP contribution in [0.4, 0.5) is 0 Å². The third-order valence-electron chi connectivity index (χ3n) is 6.65. The largest absolute Gasteiger partial charge is 0.481 e. The Morgan fingerprint density at radius 3 is 2.03 bits per heavy atom. The van der Waals surface area contributed by atoms with Gasteiger partial charge < -0.3 is 9.64 Å². The molecule has 0 aliphatic carbocycles. The number of nitrogens with zero attached hydrogens (tertiary/aromatic N) is 3. The number of benzene rings is 3. The molecule has 0 fully saturated rings. The number of ether oxygens (including phenoxy) is 1. The molecule has 0 saturated carbocycles. The van der Waals surface area contributed by atoms with Crippen molar-refractivity contribution < 1.29 is 9.53 Å². The molecule has 2 heterocycles. The number of carbonyl (C=O) groups excluding carboxylic acids is 1. The summed E-state index contributed by atoms with van der Waals surface area (Å²) in [6, 6.07) is 29.1. The van der Waals surface area contributed by atoms with Gasteiger partial charge in [0.2, 0.25) is 0 Å². The summed E-state index contributed by atoms with van der Waals surface area (Å²) in [5.74, 6) is 1.17. The normalized spacial score (nSPS) is 13.8. The molecule has 0 radical (unpaired) electrons. The molecule has 0 saturated heterocycles. The van der Waals surface area contributed by atoms with Crippen molar-refractivity contribution in [1.29, 1.82) is 0 Å². The third kappa shape index (κ3) is 4.67. The zero-order valence-electron chi connectivity index (χ0n) is 20.5. The Hall–Kier alpha value is -4.19. The standard InChI is InChI=1S/C30H29N3O3/c1-21(36-25-16-10-5-11-17-25)29(34)32-19-18-26-27(20-32)31-22(2)33(30(26)35)28(23-12-6-3-7-13-23)24-14-8-4-9-15-24/h3-17,21,28H,18-20H2,1-2H3. The minimum absolute atomic E-state index is 0.0455. The van der Waals surface area contributed by atoms with Crippen molar-refractivity contribution >= 4 is 5.91 Å². The molecule has 6 nitrogen and oxygen atoms in total. The highest BCUT2D eigenvalue weighted by Gasteiger charge is 2.30. The van der Waals surface area contributed by atoms with Crippen LogP contribution in [-0.2, 0) is 17.8 Å². The summed E-state index contributed by atoms with van der Waals surface area (Å²) >= 11 is 0. The summed E-state index contributed by atoms with van der Waals surface area (Å²) in [5, 5.41) is 0. The lowest BCUT2D eigenvalue weighted by molar-refractivity contribution is -0.139. The number of para-hydroxylation sites is 1. The van der Waals surface area contributed by atoms with Gasteiger partial charge in [-0.3, -0.25) is 14.2 Å². The van der Waals surface area contributed by atoms with Crippen LogP contribution in [0.2, 0.25) is 0 Å². The topological polar surface area (TPSA) is 64.4 Å². The van der Waals surface area contributed by atoms with Gasteiger partial charge in [-0.15, -0.1) is 0 Å². The number of rotatable bonds is 6. The van der Waals surface area contributed by atoms with E-state index in [1.807, 2.05) is 97.9 Å². The van der Waals surface area contributed by atoms with Crippen LogP contribution in [0.15, 0.2) is 95.8 Å². The quantitative estimate of drug-likeness (QED) is 0.407. The van der Waals surface area contributed by atoms with E-state index in [-0.39, 0.29) is 17.5 Å². The number of aromatic nitrogens is 2. The molecule has 0 N–H and O–H groups in total. The third-order valence-corrected chi connectivity index (χ3v) is 6.65. The predicted molar refractivity (Wildman–Crippen MR) is 139 cm³/mol. The van der Waals surface area contributed by atoms with E-state index in [9.17, 15) is 9.59 Å². The fourth-order valence-corrected chi connectivity index (χ4v) is 4.89. The molecule has 0 bridgehead atoms. The van der Waals surface area contributed by atoms with E-state index in [1.54, 1.807) is 16.4 Å². The molecule has 1 unspecified atom stereocenters. The highest BCUT2D eigenvalue weighted by molar-refractivity contribution is 5.81. The van der Waals surface area contributed by atoms with Crippen molar-refractivity contribution in [1.82, 2.24) is 14.5 Å². The van der Waals surface area contributed by atoms with Crippen molar-refractivity contribution in [3.63, 3.8) is 0 Å². The first-order valence-corrected chi connectivity index (χ1v) is 12.2. The van der Waals surface area contributed by atoms with Crippen LogP contribution in [0, 0.1) is 6.92 Å². The second kappa shape index (κ2) is 10.2. The minimum Gasteiger partial charge on any atom is -0.481 e. The van der Waals surface area contributed by atoms with Gasteiger partial charge in [-0.2, -0.15) is 0 Å². The van der Waals surface area contributed by atoms with E-state index in [0.717, 1.165) is 11.1 Å². The van der Waals surface area contributed by atoms with Gasteiger partial charge in [-0.05, 0) is 43.5 Å². The van der Waals surface area contributed by atoms with Gasteiger partial charge in [0.25, 0.3) is 11.5 Å². The SMILES string of the molecule is Cc1nc2c(c(=O)n1C(c1ccccc1)c1ccccc1)CCN(C(=O)C(C)Oc1ccccc1)C2. The Bertz CT molecular complexity index is 1360. The van der Waals surface area contributed by atoms with Crippen LogP contribution in [0.3, 0.4) is 0 Å². The van der Waals surface area contributed by atoms with Crippen LogP contribution >= 0.6 is 0 Å². The van der Waals surface area contributed by atoms with Crippen LogP contribution in [0.25, 0.3) is 0 Å². The Balaban J connectivity index is 1.46. The molecule has 0 spiro atoms. The molecule has 36 heavy (non-hydrogen) atoms. The molecular weight excluding hydrogens is 450 g/mol. The summed E-state index contributed by atoms with van der Waals surface area (Å²) < 4.78 is 7.63. The van der Waals surface area contributed by atoms with Crippen LogP contribution in [0.1, 0.15) is 41.2 Å². The Morgan fingerprint density at radius 2 is 1.44 bits per heavy atom. The van der Waals surface area contributed by atoms with E-state index in [0.29, 0.717) is 42.3 Å². The molecule has 1 aliphatic rings. The van der Waals surface area contributed by atoms with E-state index in [4.69, 9.17) is 9.72 Å². The Morgan fingerprint density at radius 1 is 0.889 bits per heavy atom. The van der Waals surface area contributed by atoms with Crippen molar-refractivity contribution in [3.8, 4) is 5.75 Å². The molecule has 1 amide bonds. The zero-order valence-corrected chi connectivity index (χ0v) is 20.5. The first kappa shape index (κ1) is 23.5. The van der Waals surface area contributed by atoms with Crippen LogP contribution in [-0.4, -0.2) is 33.0 Å². The van der Waals surface area contributed by atoms with Gasteiger partial charge in [-0.1, -0.05) is 78.9 Å². The van der Waals surface area contributed by atoms with E-state index in [1.165, 1.54) is 0 Å². The van der Waals surface area contributed by atoms with E-state index < -0.39 is 6.10 Å². The van der Waals surface area contributed by atoms with Gasteiger partial charge in [0.1, 0.15) is 11.6 Å². The number of hydrogen-bond acceptors (Lipinski definition) is 4. The predicted octanol–water partition coefficient (Wildman–Crippen LogP) is 4.54. The molecule has 1 atom stereocenters. The van der Waals surface area contributed by atoms with Gasteiger partial charge in [0, 0.05) is 12.1 Å². The lowest BCUT2D eigenvalue weighted by Gasteiger charge is -2.31. The smallest absolute Gasteiger partial charge is 0.263 e. The summed E-state index contributed by atoms with van der Waals surface area (Å²) in [7, 11) is 0. The zero-order chi connectivity index (χ0) is 25.1. The van der Waals surface area contributed by atoms with Crippen molar-refractivity contribution in [3.05, 3.63) is 130 Å². The monoisotopic (exact) mass is 479 g/mol. The number of carbonyl (C=O) groups is 1. The lowest BCUT2D eigenvalue weighted by Crippen LogP contribution is -2.46. The van der Waals surface area contributed by atoms with Gasteiger partial charge in [0.15, 0.2) is 6.10 Å². The highest BCUT2D eigenvalue weighted by atomic mass is 16.5. The maximum Gasteiger partial charge on any atom is 0.263 e. The number of hydrogen-bond donors (Lipinski definition) is 0. The summed E-state index contributed by atoms with van der Waals surface area (Å²) in [4.78, 5) is 33.6. The fourth-order valence-electron chi connectivity index (χ4n) is 4.89. The average Bonchev–Trinajstić information content (AvgIpc) is 2.91. The highest BCUT2D eigenvalue weighted by Crippen LogP contribution is 2.27. The fraction of sp³-hybridized carbons (Fsp3) is 0.233. The molecule has 6 heteroatoms. The summed E-state index contributed by atoms with van der Waals surface area (Å²) in [6.07, 6.45) is -0.169. The molecule has 5 rings (SSSR count). The van der Waals surface area contributed by atoms with Crippen LogP contribution < -0.4 is 10.3 Å². The number of amides is 1. The molecule has 4 aromatic rings. The average molecular weight is 480 g/mol. The second-order valence-electron chi connectivity index (χ2n) is 9.07.